The van der Waals surface area contributed by atoms with Gasteiger partial charge in [0.25, 0.3) is 0 Å². The fraction of sp³-hybridized carbons (Fsp3) is 0.476. The van der Waals surface area contributed by atoms with E-state index < -0.39 is 11.7 Å². The zero-order valence-electron chi connectivity index (χ0n) is 16.6. The number of benzene rings is 1. The van der Waals surface area contributed by atoms with Crippen molar-refractivity contribution in [2.75, 3.05) is 38.1 Å². The van der Waals surface area contributed by atoms with E-state index >= 15 is 0 Å². The Morgan fingerprint density at radius 2 is 1.82 bits per heavy atom. The van der Waals surface area contributed by atoms with Crippen molar-refractivity contribution in [3.05, 3.63) is 58.9 Å². The predicted molar refractivity (Wildman–Crippen MR) is 105 cm³/mol. The van der Waals surface area contributed by atoms with Gasteiger partial charge in [0, 0.05) is 50.6 Å². The van der Waals surface area contributed by atoms with Crippen LogP contribution in [-0.4, -0.2) is 43.1 Å². The molecule has 2 heterocycles. The second kappa shape index (κ2) is 8.49. The van der Waals surface area contributed by atoms with E-state index in [9.17, 15) is 13.2 Å². The molecule has 28 heavy (non-hydrogen) atoms. The third kappa shape index (κ3) is 5.02. The van der Waals surface area contributed by atoms with Crippen LogP contribution in [0.4, 0.5) is 18.9 Å². The Balaban J connectivity index is 1.82. The monoisotopic (exact) mass is 392 g/mol. The molecule has 0 amide bonds. The summed E-state index contributed by atoms with van der Waals surface area (Å²) in [7, 11) is 2.06. The highest BCUT2D eigenvalue weighted by atomic mass is 19.4. The van der Waals surface area contributed by atoms with Crippen LogP contribution in [-0.2, 0) is 12.7 Å². The number of pyridine rings is 1. The standard InChI is InChI=1S/C21H27F3N4/c1-15-6-7-25-19(12-15)16(2)26-14-17-13-18(21(22,23)24)4-5-20(17)28-10-8-27(3)9-11-28/h4-7,12-13,16,26H,8-11,14H2,1-3H3. The van der Waals surface area contributed by atoms with Gasteiger partial charge in [0.05, 0.1) is 11.3 Å². The first kappa shape index (κ1) is 20.6. The molecule has 0 saturated carbocycles. The van der Waals surface area contributed by atoms with Gasteiger partial charge in [-0.1, -0.05) is 0 Å². The molecular formula is C21H27F3N4. The number of nitrogens with one attached hydrogen (secondary N) is 1. The molecular weight excluding hydrogens is 365 g/mol. The minimum Gasteiger partial charge on any atom is -0.369 e. The maximum atomic E-state index is 13.3. The van der Waals surface area contributed by atoms with E-state index in [0.717, 1.165) is 43.1 Å². The fourth-order valence-electron chi connectivity index (χ4n) is 3.42. The van der Waals surface area contributed by atoms with Crippen LogP contribution in [0.5, 0.6) is 0 Å². The van der Waals surface area contributed by atoms with Crippen molar-refractivity contribution < 1.29 is 13.2 Å². The number of hydrogen-bond donors (Lipinski definition) is 1. The molecule has 3 rings (SSSR count). The summed E-state index contributed by atoms with van der Waals surface area (Å²) in [6, 6.07) is 7.93. The zero-order chi connectivity index (χ0) is 20.3. The lowest BCUT2D eigenvalue weighted by Crippen LogP contribution is -2.45. The van der Waals surface area contributed by atoms with Crippen molar-refractivity contribution in [2.45, 2.75) is 32.6 Å². The quantitative estimate of drug-likeness (QED) is 0.833. The first-order valence-corrected chi connectivity index (χ1v) is 9.53. The maximum absolute atomic E-state index is 13.3. The number of nitrogens with zero attached hydrogens (tertiary/aromatic N) is 3. The van der Waals surface area contributed by atoms with E-state index in [4.69, 9.17) is 0 Å². The summed E-state index contributed by atoms with van der Waals surface area (Å²) >= 11 is 0. The second-order valence-electron chi connectivity index (χ2n) is 7.49. The largest absolute Gasteiger partial charge is 0.416 e. The van der Waals surface area contributed by atoms with Gasteiger partial charge >= 0.3 is 6.18 Å². The Kier molecular flexibility index (Phi) is 6.25. The smallest absolute Gasteiger partial charge is 0.369 e. The average molecular weight is 392 g/mol. The Labute approximate surface area is 164 Å². The van der Waals surface area contributed by atoms with Crippen molar-refractivity contribution in [3.63, 3.8) is 0 Å². The van der Waals surface area contributed by atoms with Gasteiger partial charge in [-0.05, 0) is 62.4 Å². The van der Waals surface area contributed by atoms with Crippen molar-refractivity contribution in [3.8, 4) is 0 Å². The molecule has 152 valence electrons. The second-order valence-corrected chi connectivity index (χ2v) is 7.49. The number of likely N-dealkylation sites (N-methyl/N-ethyl adjacent to an activating group) is 1. The van der Waals surface area contributed by atoms with Crippen molar-refractivity contribution >= 4 is 5.69 Å². The summed E-state index contributed by atoms with van der Waals surface area (Å²) in [4.78, 5) is 8.77. The molecule has 1 saturated heterocycles. The molecule has 1 aromatic heterocycles. The highest BCUT2D eigenvalue weighted by molar-refractivity contribution is 5.56. The van der Waals surface area contributed by atoms with Gasteiger partial charge in [-0.15, -0.1) is 0 Å². The summed E-state index contributed by atoms with van der Waals surface area (Å²) < 4.78 is 39.8. The summed E-state index contributed by atoms with van der Waals surface area (Å²) in [6.07, 6.45) is -2.60. The molecule has 4 nitrogen and oxygen atoms in total. The van der Waals surface area contributed by atoms with E-state index in [1.165, 1.54) is 12.1 Å². The predicted octanol–water partition coefficient (Wildman–Crippen LogP) is 4.01. The number of alkyl halides is 3. The minimum atomic E-state index is -4.35. The normalized spacial score (nSPS) is 17.0. The first-order chi connectivity index (χ1) is 13.2. The summed E-state index contributed by atoms with van der Waals surface area (Å²) in [6.45, 7) is 7.74. The van der Waals surface area contributed by atoms with Crippen LogP contribution < -0.4 is 10.2 Å². The average Bonchev–Trinajstić information content (AvgIpc) is 2.66. The van der Waals surface area contributed by atoms with E-state index in [0.29, 0.717) is 12.1 Å². The Bertz CT molecular complexity index is 798. The first-order valence-electron chi connectivity index (χ1n) is 9.53. The van der Waals surface area contributed by atoms with Crippen LogP contribution >= 0.6 is 0 Å². The molecule has 1 aromatic carbocycles. The van der Waals surface area contributed by atoms with Gasteiger partial charge in [0.15, 0.2) is 0 Å². The molecule has 2 aromatic rings. The number of anilines is 1. The molecule has 7 heteroatoms. The van der Waals surface area contributed by atoms with Crippen molar-refractivity contribution in [1.82, 2.24) is 15.2 Å². The highest BCUT2D eigenvalue weighted by Gasteiger charge is 2.31. The SMILES string of the molecule is Cc1ccnc(C(C)NCc2cc(C(F)(F)F)ccc2N2CCN(C)CC2)c1. The fourth-order valence-corrected chi connectivity index (χ4v) is 3.42. The van der Waals surface area contributed by atoms with Crippen LogP contribution in [0.2, 0.25) is 0 Å². The molecule has 1 atom stereocenters. The van der Waals surface area contributed by atoms with Crippen molar-refractivity contribution in [2.24, 2.45) is 0 Å². The number of halogens is 3. The number of piperazine rings is 1. The topological polar surface area (TPSA) is 31.4 Å². The lowest BCUT2D eigenvalue weighted by Gasteiger charge is -2.35. The zero-order valence-corrected chi connectivity index (χ0v) is 16.6. The summed E-state index contributed by atoms with van der Waals surface area (Å²) in [5, 5.41) is 3.34. The van der Waals surface area contributed by atoms with Gasteiger partial charge in [-0.3, -0.25) is 4.98 Å². The molecule has 0 spiro atoms. The van der Waals surface area contributed by atoms with Gasteiger partial charge in [-0.25, -0.2) is 0 Å². The van der Waals surface area contributed by atoms with E-state index in [1.807, 2.05) is 26.0 Å². The third-order valence-corrected chi connectivity index (χ3v) is 5.23. The minimum absolute atomic E-state index is 0.0604. The molecule has 0 bridgehead atoms. The van der Waals surface area contributed by atoms with Gasteiger partial charge in [-0.2, -0.15) is 13.2 Å². The van der Waals surface area contributed by atoms with Crippen LogP contribution in [0.3, 0.4) is 0 Å². The van der Waals surface area contributed by atoms with Crippen LogP contribution in [0.1, 0.15) is 35.3 Å². The lowest BCUT2D eigenvalue weighted by atomic mass is 10.1. The van der Waals surface area contributed by atoms with E-state index in [-0.39, 0.29) is 6.04 Å². The van der Waals surface area contributed by atoms with Crippen LogP contribution in [0.25, 0.3) is 0 Å². The molecule has 1 fully saturated rings. The number of aryl methyl sites for hydroxylation is 1. The molecule has 0 aliphatic carbocycles. The highest BCUT2D eigenvalue weighted by Crippen LogP contribution is 2.33. The van der Waals surface area contributed by atoms with Gasteiger partial charge in [0.1, 0.15) is 0 Å². The van der Waals surface area contributed by atoms with Crippen LogP contribution in [0.15, 0.2) is 36.5 Å². The third-order valence-electron chi connectivity index (χ3n) is 5.23. The Morgan fingerprint density at radius 3 is 2.46 bits per heavy atom. The Morgan fingerprint density at radius 1 is 1.11 bits per heavy atom. The van der Waals surface area contributed by atoms with Crippen LogP contribution in [0, 0.1) is 6.92 Å². The van der Waals surface area contributed by atoms with E-state index in [2.05, 4.69) is 27.1 Å². The molecule has 1 N–H and O–H groups in total. The lowest BCUT2D eigenvalue weighted by molar-refractivity contribution is -0.137. The van der Waals surface area contributed by atoms with Crippen molar-refractivity contribution in [1.29, 1.82) is 0 Å². The summed E-state index contributed by atoms with van der Waals surface area (Å²) in [5.41, 5.74) is 2.92. The molecule has 1 unspecified atom stereocenters. The maximum Gasteiger partial charge on any atom is 0.416 e. The molecule has 0 radical (unpaired) electrons. The molecule has 1 aliphatic heterocycles. The molecule has 1 aliphatic rings. The number of aromatic nitrogens is 1. The summed E-state index contributed by atoms with van der Waals surface area (Å²) in [5.74, 6) is 0. The van der Waals surface area contributed by atoms with Gasteiger partial charge < -0.3 is 15.1 Å². The number of rotatable bonds is 5. The van der Waals surface area contributed by atoms with Gasteiger partial charge in [0.2, 0.25) is 0 Å². The van der Waals surface area contributed by atoms with E-state index in [1.54, 1.807) is 12.3 Å². The number of hydrogen-bond acceptors (Lipinski definition) is 4. The Hall–Kier alpha value is -2.12.